The molecule has 2 N–H and O–H groups in total. The minimum absolute atomic E-state index is 0.317. The van der Waals surface area contributed by atoms with E-state index in [-0.39, 0.29) is 6.04 Å². The van der Waals surface area contributed by atoms with Crippen molar-refractivity contribution >= 4 is 39.1 Å². The summed E-state index contributed by atoms with van der Waals surface area (Å²) in [4.78, 5) is 4.21. The van der Waals surface area contributed by atoms with Crippen molar-refractivity contribution in [3.63, 3.8) is 0 Å². The topological polar surface area (TPSA) is 48.1 Å². The van der Waals surface area contributed by atoms with Crippen LogP contribution in [-0.4, -0.2) is 12.1 Å². The van der Waals surface area contributed by atoms with E-state index in [9.17, 15) is 0 Å². The highest BCUT2D eigenvalue weighted by atomic mass is 79.9. The van der Waals surface area contributed by atoms with Gasteiger partial charge in [0, 0.05) is 10.7 Å². The van der Waals surface area contributed by atoms with Gasteiger partial charge < -0.3 is 10.5 Å². The van der Waals surface area contributed by atoms with E-state index in [1.165, 1.54) is 0 Å². The molecule has 3 nitrogen and oxygen atoms in total. The molecule has 2 aromatic rings. The maximum Gasteiger partial charge on any atom is 0.119 e. The van der Waals surface area contributed by atoms with E-state index < -0.39 is 0 Å². The van der Waals surface area contributed by atoms with Gasteiger partial charge in [0.05, 0.1) is 28.9 Å². The first-order valence-corrected chi connectivity index (χ1v) is 7.45. The molecule has 1 aromatic heterocycles. The van der Waals surface area contributed by atoms with Gasteiger partial charge in [-0.2, -0.15) is 0 Å². The van der Waals surface area contributed by atoms with E-state index >= 15 is 0 Å². The zero-order valence-electron chi connectivity index (χ0n) is 10.7. The zero-order valence-corrected chi connectivity index (χ0v) is 13.8. The summed E-state index contributed by atoms with van der Waals surface area (Å²) < 4.78 is 6.19. The van der Waals surface area contributed by atoms with Gasteiger partial charge >= 0.3 is 0 Å². The minimum atomic E-state index is -0.317. The van der Waals surface area contributed by atoms with Crippen LogP contribution in [0.1, 0.15) is 17.3 Å². The first kappa shape index (κ1) is 15.6. The van der Waals surface area contributed by atoms with Crippen LogP contribution in [0.2, 0.25) is 10.0 Å². The number of pyridine rings is 1. The van der Waals surface area contributed by atoms with Crippen molar-refractivity contribution in [2.45, 2.75) is 12.5 Å². The van der Waals surface area contributed by atoms with Crippen LogP contribution in [0, 0.1) is 0 Å². The van der Waals surface area contributed by atoms with E-state index in [0.717, 1.165) is 15.8 Å². The quantitative estimate of drug-likeness (QED) is 0.861. The molecule has 0 amide bonds. The Hall–Kier alpha value is -0.810. The summed E-state index contributed by atoms with van der Waals surface area (Å²) in [5.41, 5.74) is 7.85. The first-order chi connectivity index (χ1) is 9.51. The van der Waals surface area contributed by atoms with Gasteiger partial charge in [0.1, 0.15) is 5.75 Å². The number of methoxy groups -OCH3 is 1. The summed E-state index contributed by atoms with van der Waals surface area (Å²) in [6, 6.07) is 7.08. The van der Waals surface area contributed by atoms with Gasteiger partial charge in [-0.3, -0.25) is 4.98 Å². The van der Waals surface area contributed by atoms with Crippen molar-refractivity contribution in [2.24, 2.45) is 5.73 Å². The summed E-state index contributed by atoms with van der Waals surface area (Å²) in [6.45, 7) is 0. The van der Waals surface area contributed by atoms with Crippen LogP contribution in [0.3, 0.4) is 0 Å². The Morgan fingerprint density at radius 3 is 2.75 bits per heavy atom. The second kappa shape index (κ2) is 6.76. The average Bonchev–Trinajstić information content (AvgIpc) is 2.41. The third-order valence-corrected chi connectivity index (χ3v) is 4.16. The lowest BCUT2D eigenvalue weighted by atomic mass is 10.0. The number of nitrogens with zero attached hydrogens (tertiary/aromatic N) is 1. The molecule has 106 valence electrons. The Morgan fingerprint density at radius 1 is 1.35 bits per heavy atom. The Kier molecular flexibility index (Phi) is 5.27. The van der Waals surface area contributed by atoms with Crippen LogP contribution in [-0.2, 0) is 6.42 Å². The molecule has 0 spiro atoms. The Labute approximate surface area is 136 Å². The summed E-state index contributed by atoms with van der Waals surface area (Å²) in [5.74, 6) is 0.783. The lowest BCUT2D eigenvalue weighted by Gasteiger charge is -2.14. The Balaban J connectivity index is 2.25. The van der Waals surface area contributed by atoms with Crippen molar-refractivity contribution in [3.05, 3.63) is 56.2 Å². The molecule has 20 heavy (non-hydrogen) atoms. The van der Waals surface area contributed by atoms with Crippen LogP contribution < -0.4 is 10.5 Å². The molecule has 0 fully saturated rings. The third kappa shape index (κ3) is 3.64. The van der Waals surface area contributed by atoms with Crippen molar-refractivity contribution in [2.75, 3.05) is 7.11 Å². The third-order valence-electron chi connectivity index (χ3n) is 2.88. The maximum absolute atomic E-state index is 6.19. The van der Waals surface area contributed by atoms with Crippen LogP contribution in [0.15, 0.2) is 34.9 Å². The van der Waals surface area contributed by atoms with Crippen molar-refractivity contribution in [1.29, 1.82) is 0 Å². The van der Waals surface area contributed by atoms with Gasteiger partial charge in [-0.15, -0.1) is 0 Å². The predicted octanol–water partition coefficient (Wildman–Crippen LogP) is 4.40. The average molecular weight is 376 g/mol. The fraction of sp³-hybridized carbons (Fsp3) is 0.214. The lowest BCUT2D eigenvalue weighted by Crippen LogP contribution is -2.15. The van der Waals surface area contributed by atoms with E-state index in [1.807, 2.05) is 18.2 Å². The molecular weight excluding hydrogens is 363 g/mol. The van der Waals surface area contributed by atoms with E-state index in [4.69, 9.17) is 33.7 Å². The lowest BCUT2D eigenvalue weighted by molar-refractivity contribution is 0.414. The molecule has 1 unspecified atom stereocenters. The number of nitrogens with two attached hydrogens (primary N) is 1. The molecule has 1 aromatic carbocycles. The fourth-order valence-corrected chi connectivity index (χ4v) is 2.79. The normalized spacial score (nSPS) is 12.2. The summed E-state index contributed by atoms with van der Waals surface area (Å²) >= 11 is 15.5. The van der Waals surface area contributed by atoms with Crippen LogP contribution >= 0.6 is 39.1 Å². The molecule has 0 aliphatic rings. The summed E-state index contributed by atoms with van der Waals surface area (Å²) in [5, 5.41) is 0.970. The SMILES string of the molecule is COc1ccc(Br)c(CC(N)c2ncc(Cl)cc2Cl)c1. The zero-order chi connectivity index (χ0) is 14.7. The van der Waals surface area contributed by atoms with Crippen LogP contribution in [0.25, 0.3) is 0 Å². The van der Waals surface area contributed by atoms with E-state index in [2.05, 4.69) is 20.9 Å². The van der Waals surface area contributed by atoms with Crippen LogP contribution in [0.5, 0.6) is 5.75 Å². The van der Waals surface area contributed by atoms with Crippen molar-refractivity contribution in [3.8, 4) is 5.75 Å². The van der Waals surface area contributed by atoms with Gasteiger partial charge in [0.2, 0.25) is 0 Å². The number of halogens is 3. The second-order valence-electron chi connectivity index (χ2n) is 4.29. The number of rotatable bonds is 4. The molecule has 0 aliphatic carbocycles. The summed E-state index contributed by atoms with van der Waals surface area (Å²) in [7, 11) is 1.63. The molecule has 1 atom stereocenters. The number of aromatic nitrogens is 1. The smallest absolute Gasteiger partial charge is 0.119 e. The minimum Gasteiger partial charge on any atom is -0.497 e. The highest BCUT2D eigenvalue weighted by Crippen LogP contribution is 2.29. The fourth-order valence-electron chi connectivity index (χ4n) is 1.87. The van der Waals surface area contributed by atoms with Gasteiger partial charge in [0.25, 0.3) is 0 Å². The number of hydrogen-bond acceptors (Lipinski definition) is 3. The van der Waals surface area contributed by atoms with Gasteiger partial charge in [-0.25, -0.2) is 0 Å². The molecular formula is C14H13BrCl2N2O. The molecule has 2 rings (SSSR count). The molecule has 6 heteroatoms. The van der Waals surface area contributed by atoms with E-state index in [1.54, 1.807) is 19.4 Å². The second-order valence-corrected chi connectivity index (χ2v) is 5.99. The van der Waals surface area contributed by atoms with Crippen LogP contribution in [0.4, 0.5) is 0 Å². The first-order valence-electron chi connectivity index (χ1n) is 5.90. The number of ether oxygens (including phenoxy) is 1. The molecule has 0 aliphatic heterocycles. The molecule has 0 bridgehead atoms. The summed E-state index contributed by atoms with van der Waals surface area (Å²) in [6.07, 6.45) is 2.13. The maximum atomic E-state index is 6.19. The van der Waals surface area contributed by atoms with Gasteiger partial charge in [0.15, 0.2) is 0 Å². The highest BCUT2D eigenvalue weighted by molar-refractivity contribution is 9.10. The van der Waals surface area contributed by atoms with Gasteiger partial charge in [-0.1, -0.05) is 39.1 Å². The van der Waals surface area contributed by atoms with E-state index in [0.29, 0.717) is 22.2 Å². The molecule has 1 heterocycles. The standard InChI is InChI=1S/C14H13BrCl2N2O/c1-20-10-2-3-11(15)8(4-10)5-13(18)14-12(17)6-9(16)7-19-14/h2-4,6-7,13H,5,18H2,1H3. The molecule has 0 saturated heterocycles. The van der Waals surface area contributed by atoms with Crippen molar-refractivity contribution < 1.29 is 4.74 Å². The Bertz CT molecular complexity index is 622. The molecule has 0 saturated carbocycles. The number of hydrogen-bond donors (Lipinski definition) is 1. The largest absolute Gasteiger partial charge is 0.497 e. The highest BCUT2D eigenvalue weighted by Gasteiger charge is 2.15. The monoisotopic (exact) mass is 374 g/mol. The number of benzene rings is 1. The Morgan fingerprint density at radius 2 is 2.10 bits per heavy atom. The predicted molar refractivity (Wildman–Crippen MR) is 85.6 cm³/mol. The van der Waals surface area contributed by atoms with Gasteiger partial charge in [-0.05, 0) is 36.2 Å². The molecule has 0 radical (unpaired) electrons. The van der Waals surface area contributed by atoms with Crippen molar-refractivity contribution in [1.82, 2.24) is 4.98 Å².